The highest BCUT2D eigenvalue weighted by Crippen LogP contribution is 2.31. The second kappa shape index (κ2) is 7.94. The van der Waals surface area contributed by atoms with Crippen LogP contribution < -0.4 is 16.2 Å². The highest BCUT2D eigenvalue weighted by molar-refractivity contribution is 5.92. The summed E-state index contributed by atoms with van der Waals surface area (Å²) in [4.78, 5) is 27.3. The number of hydrogen-bond donors (Lipinski definition) is 3. The third kappa shape index (κ3) is 3.99. The van der Waals surface area contributed by atoms with Gasteiger partial charge in [-0.05, 0) is 49.9 Å². The lowest BCUT2D eigenvalue weighted by Crippen LogP contribution is -2.51. The number of hydrazine groups is 1. The molecule has 0 radical (unpaired) electrons. The van der Waals surface area contributed by atoms with Crippen LogP contribution in [0, 0.1) is 17.7 Å². The Balaban J connectivity index is 1.29. The van der Waals surface area contributed by atoms with Gasteiger partial charge in [0.15, 0.2) is 0 Å². The van der Waals surface area contributed by atoms with Crippen LogP contribution in [0.4, 0.5) is 10.1 Å². The Labute approximate surface area is 158 Å². The molecule has 0 bridgehead atoms. The summed E-state index contributed by atoms with van der Waals surface area (Å²) in [6.07, 6.45) is 5.97. The maximum atomic E-state index is 13.0. The molecule has 1 saturated carbocycles. The minimum Gasteiger partial charge on any atom is -0.341 e. The SMILES string of the molecule is O=C(Nc1ccc(F)cc1)C1CCN(C(=O)C2NNC3CCCCC32)CC1. The fraction of sp³-hybridized carbons (Fsp3) is 0.600. The van der Waals surface area contributed by atoms with E-state index in [1.54, 1.807) is 12.1 Å². The summed E-state index contributed by atoms with van der Waals surface area (Å²) < 4.78 is 13.0. The lowest BCUT2D eigenvalue weighted by Gasteiger charge is -2.35. The quantitative estimate of drug-likeness (QED) is 0.757. The molecule has 1 aromatic carbocycles. The summed E-state index contributed by atoms with van der Waals surface area (Å²) in [6, 6.07) is 6.05. The van der Waals surface area contributed by atoms with Crippen molar-refractivity contribution < 1.29 is 14.0 Å². The molecule has 0 spiro atoms. The summed E-state index contributed by atoms with van der Waals surface area (Å²) in [5.41, 5.74) is 7.12. The standard InChI is InChI=1S/C20H27FN4O2/c21-14-5-7-15(8-6-14)22-19(26)13-9-11-25(12-10-13)20(27)18-16-3-1-2-4-17(16)23-24-18/h5-8,13,16-18,23-24H,1-4,9-12H2,(H,22,26). The molecular formula is C20H27FN4O2. The molecule has 2 saturated heterocycles. The van der Waals surface area contributed by atoms with E-state index < -0.39 is 0 Å². The van der Waals surface area contributed by atoms with Crippen molar-refractivity contribution in [1.82, 2.24) is 15.8 Å². The average Bonchev–Trinajstić information content (AvgIpc) is 3.13. The third-order valence-corrected chi connectivity index (χ3v) is 6.23. The number of benzene rings is 1. The van der Waals surface area contributed by atoms with E-state index in [9.17, 15) is 14.0 Å². The molecule has 3 atom stereocenters. The van der Waals surface area contributed by atoms with Gasteiger partial charge in [0.1, 0.15) is 11.9 Å². The topological polar surface area (TPSA) is 73.5 Å². The van der Waals surface area contributed by atoms with Crippen molar-refractivity contribution in [3.8, 4) is 0 Å². The van der Waals surface area contributed by atoms with E-state index in [1.165, 1.54) is 25.0 Å². The number of hydrogen-bond acceptors (Lipinski definition) is 4. The summed E-state index contributed by atoms with van der Waals surface area (Å²) in [5, 5.41) is 2.84. The zero-order valence-corrected chi connectivity index (χ0v) is 15.4. The molecule has 2 amide bonds. The molecule has 7 heteroatoms. The van der Waals surface area contributed by atoms with Crippen molar-refractivity contribution in [1.29, 1.82) is 0 Å². The second-order valence-electron chi connectivity index (χ2n) is 7.92. The molecule has 2 heterocycles. The van der Waals surface area contributed by atoms with Gasteiger partial charge in [-0.3, -0.25) is 15.0 Å². The number of rotatable bonds is 3. The number of nitrogens with zero attached hydrogens (tertiary/aromatic N) is 1. The zero-order chi connectivity index (χ0) is 18.8. The highest BCUT2D eigenvalue weighted by atomic mass is 19.1. The first-order valence-electron chi connectivity index (χ1n) is 9.98. The number of amides is 2. The maximum absolute atomic E-state index is 13.0. The van der Waals surface area contributed by atoms with E-state index in [1.807, 2.05) is 4.90 Å². The lowest BCUT2D eigenvalue weighted by molar-refractivity contribution is -0.137. The van der Waals surface area contributed by atoms with Crippen LogP contribution in [-0.2, 0) is 9.59 Å². The molecule has 146 valence electrons. The smallest absolute Gasteiger partial charge is 0.241 e. The molecule has 2 aliphatic heterocycles. The Hall–Kier alpha value is -1.99. The van der Waals surface area contributed by atoms with Crippen LogP contribution in [-0.4, -0.2) is 41.9 Å². The summed E-state index contributed by atoms with van der Waals surface area (Å²) in [6.45, 7) is 1.21. The van der Waals surface area contributed by atoms with E-state index >= 15 is 0 Å². The number of likely N-dealkylation sites (tertiary alicyclic amines) is 1. The van der Waals surface area contributed by atoms with Crippen molar-refractivity contribution in [2.45, 2.75) is 50.6 Å². The predicted molar refractivity (Wildman–Crippen MR) is 100 cm³/mol. The van der Waals surface area contributed by atoms with Crippen LogP contribution >= 0.6 is 0 Å². The van der Waals surface area contributed by atoms with E-state index in [-0.39, 0.29) is 29.6 Å². The van der Waals surface area contributed by atoms with Crippen LogP contribution in [0.1, 0.15) is 38.5 Å². The Morgan fingerprint density at radius 2 is 1.70 bits per heavy atom. The minimum absolute atomic E-state index is 0.0540. The summed E-state index contributed by atoms with van der Waals surface area (Å²) >= 11 is 0. The van der Waals surface area contributed by atoms with Gasteiger partial charge in [0.2, 0.25) is 11.8 Å². The molecular weight excluding hydrogens is 347 g/mol. The monoisotopic (exact) mass is 374 g/mol. The third-order valence-electron chi connectivity index (χ3n) is 6.23. The molecule has 3 unspecified atom stereocenters. The Morgan fingerprint density at radius 1 is 1.00 bits per heavy atom. The fourth-order valence-corrected chi connectivity index (χ4v) is 4.62. The van der Waals surface area contributed by atoms with Gasteiger partial charge in [0, 0.05) is 36.7 Å². The number of halogens is 1. The highest BCUT2D eigenvalue weighted by Gasteiger charge is 2.43. The number of piperidine rings is 1. The van der Waals surface area contributed by atoms with Crippen LogP contribution in [0.15, 0.2) is 24.3 Å². The van der Waals surface area contributed by atoms with E-state index in [4.69, 9.17) is 0 Å². The van der Waals surface area contributed by atoms with Crippen LogP contribution in [0.3, 0.4) is 0 Å². The van der Waals surface area contributed by atoms with Crippen LogP contribution in [0.25, 0.3) is 0 Å². The van der Waals surface area contributed by atoms with Crippen molar-refractivity contribution in [2.75, 3.05) is 18.4 Å². The van der Waals surface area contributed by atoms with Crippen LogP contribution in [0.2, 0.25) is 0 Å². The van der Waals surface area contributed by atoms with Crippen molar-refractivity contribution in [3.63, 3.8) is 0 Å². The number of carbonyl (C=O) groups excluding carboxylic acids is 2. The Kier molecular flexibility index (Phi) is 5.41. The van der Waals surface area contributed by atoms with Crippen molar-refractivity contribution >= 4 is 17.5 Å². The van der Waals surface area contributed by atoms with Gasteiger partial charge in [0.25, 0.3) is 0 Å². The van der Waals surface area contributed by atoms with Crippen LogP contribution in [0.5, 0.6) is 0 Å². The molecule has 4 rings (SSSR count). The van der Waals surface area contributed by atoms with E-state index in [2.05, 4.69) is 16.2 Å². The van der Waals surface area contributed by atoms with Crippen molar-refractivity contribution in [2.24, 2.45) is 11.8 Å². The van der Waals surface area contributed by atoms with Gasteiger partial charge < -0.3 is 10.2 Å². The normalized spacial score (nSPS) is 28.6. The predicted octanol–water partition coefficient (Wildman–Crippen LogP) is 2.04. The Morgan fingerprint density at radius 3 is 2.44 bits per heavy atom. The van der Waals surface area contributed by atoms with Gasteiger partial charge in [-0.2, -0.15) is 0 Å². The zero-order valence-electron chi connectivity index (χ0n) is 15.4. The number of anilines is 1. The molecule has 27 heavy (non-hydrogen) atoms. The Bertz CT molecular complexity index is 688. The summed E-state index contributed by atoms with van der Waals surface area (Å²) in [5.74, 6) is 0.0491. The first kappa shape index (κ1) is 18.4. The van der Waals surface area contributed by atoms with Gasteiger partial charge in [0.05, 0.1) is 0 Å². The van der Waals surface area contributed by atoms with Gasteiger partial charge >= 0.3 is 0 Å². The molecule has 0 aromatic heterocycles. The summed E-state index contributed by atoms with van der Waals surface area (Å²) in [7, 11) is 0. The van der Waals surface area contributed by atoms with Crippen molar-refractivity contribution in [3.05, 3.63) is 30.1 Å². The number of fused-ring (bicyclic) bond motifs is 1. The first-order valence-corrected chi connectivity index (χ1v) is 9.98. The van der Waals surface area contributed by atoms with E-state index in [0.29, 0.717) is 43.6 Å². The second-order valence-corrected chi connectivity index (χ2v) is 7.92. The van der Waals surface area contributed by atoms with Gasteiger partial charge in [-0.15, -0.1) is 0 Å². The molecule has 1 aromatic rings. The largest absolute Gasteiger partial charge is 0.341 e. The first-order chi connectivity index (χ1) is 13.1. The van der Waals surface area contributed by atoms with Gasteiger partial charge in [-0.1, -0.05) is 12.8 Å². The number of nitrogens with one attached hydrogen (secondary N) is 3. The average molecular weight is 374 g/mol. The van der Waals surface area contributed by atoms with E-state index in [0.717, 1.165) is 12.8 Å². The fourth-order valence-electron chi connectivity index (χ4n) is 4.62. The van der Waals surface area contributed by atoms with Gasteiger partial charge in [-0.25, -0.2) is 9.82 Å². The minimum atomic E-state index is -0.324. The maximum Gasteiger partial charge on any atom is 0.241 e. The molecule has 6 nitrogen and oxygen atoms in total. The molecule has 3 N–H and O–H groups in total. The molecule has 3 aliphatic rings. The number of carbonyl (C=O) groups is 2. The lowest BCUT2D eigenvalue weighted by atomic mass is 9.81. The molecule has 3 fully saturated rings. The molecule has 1 aliphatic carbocycles.